The topological polar surface area (TPSA) is 126 Å². The maximum Gasteiger partial charge on any atom is 0.326 e. The first-order valence-electron chi connectivity index (χ1n) is 28.7. The second-order valence-electron chi connectivity index (χ2n) is 25.0. The molecule has 4 aromatic heterocycles. The number of nitrogens with zero attached hydrogens (tertiary/aromatic N) is 8. The minimum atomic E-state index is -0.468. The summed E-state index contributed by atoms with van der Waals surface area (Å²) < 4.78 is 6.83. The molecular weight excluding hydrogens is 916 g/mol. The van der Waals surface area contributed by atoms with Crippen molar-refractivity contribution in [3.05, 3.63) is 86.2 Å². The number of benzene rings is 2. The summed E-state index contributed by atoms with van der Waals surface area (Å²) in [5, 5.41) is 5.49. The molecule has 8 aliphatic rings. The van der Waals surface area contributed by atoms with Crippen LogP contribution in [0.5, 0.6) is 0 Å². The van der Waals surface area contributed by atoms with E-state index in [0.717, 1.165) is 77.9 Å². The molecule has 14 rings (SSSR count). The Morgan fingerprint density at radius 1 is 0.583 bits per heavy atom. The molecule has 4 saturated heterocycles. The molecule has 0 spiro atoms. The molecule has 8 bridgehead atoms. The summed E-state index contributed by atoms with van der Waals surface area (Å²) in [5.41, 5.74) is 6.30. The molecular formula is C59H75ClN10O2. The molecule has 8 fully saturated rings. The Morgan fingerprint density at radius 3 is 2.03 bits per heavy atom. The van der Waals surface area contributed by atoms with Crippen molar-refractivity contribution in [1.29, 1.82) is 0 Å². The monoisotopic (exact) mass is 991 g/mol. The van der Waals surface area contributed by atoms with Crippen LogP contribution in [0, 0.1) is 29.6 Å². The third kappa shape index (κ3) is 8.09. The van der Waals surface area contributed by atoms with Gasteiger partial charge in [-0.1, -0.05) is 74.9 Å². The zero-order valence-corrected chi connectivity index (χ0v) is 43.4. The first-order chi connectivity index (χ1) is 35.1. The predicted octanol–water partition coefficient (Wildman–Crippen LogP) is 12.0. The Hall–Kier alpha value is -4.52. The summed E-state index contributed by atoms with van der Waals surface area (Å²) in [6.45, 7) is 2.53. The van der Waals surface area contributed by atoms with Gasteiger partial charge in [0.25, 0.3) is 5.56 Å². The van der Waals surface area contributed by atoms with E-state index in [-0.39, 0.29) is 11.6 Å². The highest BCUT2D eigenvalue weighted by molar-refractivity contribution is 6.32. The van der Waals surface area contributed by atoms with Crippen molar-refractivity contribution in [2.75, 3.05) is 0 Å². The van der Waals surface area contributed by atoms with Gasteiger partial charge in [0, 0.05) is 67.6 Å². The van der Waals surface area contributed by atoms with E-state index in [1.54, 1.807) is 6.07 Å². The number of aromatic amines is 2. The number of para-hydroxylation sites is 3. The van der Waals surface area contributed by atoms with E-state index in [1.807, 2.05) is 17.9 Å². The lowest BCUT2D eigenvalue weighted by atomic mass is 9.71. The van der Waals surface area contributed by atoms with Crippen molar-refractivity contribution in [2.45, 2.75) is 202 Å². The minimum absolute atomic E-state index is 0.257. The molecule has 12 unspecified atom stereocenters. The van der Waals surface area contributed by atoms with Gasteiger partial charge in [-0.05, 0) is 168 Å². The van der Waals surface area contributed by atoms with E-state index >= 15 is 0 Å². The van der Waals surface area contributed by atoms with Gasteiger partial charge < -0.3 is 14.1 Å². The summed E-state index contributed by atoms with van der Waals surface area (Å²) in [7, 11) is 1.94. The number of imidazole rings is 2. The zero-order valence-electron chi connectivity index (χ0n) is 42.6. The fourth-order valence-corrected chi connectivity index (χ4v) is 18.2. The fraction of sp³-hybridized carbons (Fsp3) is 0.644. The lowest BCUT2D eigenvalue weighted by molar-refractivity contribution is -0.0638. The molecule has 72 heavy (non-hydrogen) atoms. The average Bonchev–Trinajstić information content (AvgIpc) is 3.99. The van der Waals surface area contributed by atoms with Crippen molar-refractivity contribution in [1.82, 2.24) is 48.7 Å². The molecule has 0 amide bonds. The minimum Gasteiger partial charge on any atom is -0.319 e. The molecule has 4 saturated carbocycles. The Labute approximate surface area is 428 Å². The van der Waals surface area contributed by atoms with E-state index in [1.165, 1.54) is 132 Å². The van der Waals surface area contributed by atoms with Gasteiger partial charge in [0.1, 0.15) is 5.69 Å². The van der Waals surface area contributed by atoms with Crippen molar-refractivity contribution in [2.24, 2.45) is 36.6 Å². The molecule has 8 heterocycles. The van der Waals surface area contributed by atoms with Gasteiger partial charge in [-0.2, -0.15) is 5.10 Å². The predicted molar refractivity (Wildman–Crippen MR) is 285 cm³/mol. The fourth-order valence-electron chi connectivity index (χ4n) is 18.0. The van der Waals surface area contributed by atoms with Gasteiger partial charge >= 0.3 is 5.69 Å². The maximum atomic E-state index is 13.0. The van der Waals surface area contributed by atoms with E-state index in [4.69, 9.17) is 26.7 Å². The Kier molecular flexibility index (Phi) is 11.8. The second-order valence-corrected chi connectivity index (χ2v) is 25.4. The third-order valence-electron chi connectivity index (χ3n) is 20.6. The van der Waals surface area contributed by atoms with Crippen LogP contribution in [-0.2, 0) is 7.05 Å². The average molecular weight is 992 g/mol. The van der Waals surface area contributed by atoms with Crippen LogP contribution in [0.3, 0.4) is 0 Å². The molecule has 2 N–H and O–H groups in total. The molecule has 12 atom stereocenters. The van der Waals surface area contributed by atoms with E-state index in [0.29, 0.717) is 64.7 Å². The largest absolute Gasteiger partial charge is 0.326 e. The van der Waals surface area contributed by atoms with Crippen LogP contribution in [0.25, 0.3) is 45.1 Å². The van der Waals surface area contributed by atoms with Gasteiger partial charge in [0.2, 0.25) is 0 Å². The number of piperidine rings is 4. The molecule has 4 aliphatic carbocycles. The van der Waals surface area contributed by atoms with Crippen LogP contribution in [-0.4, -0.2) is 84.9 Å². The number of halogens is 1. The summed E-state index contributed by atoms with van der Waals surface area (Å²) in [6, 6.07) is 21.3. The van der Waals surface area contributed by atoms with Crippen molar-refractivity contribution >= 4 is 33.7 Å². The molecule has 13 heteroatoms. The van der Waals surface area contributed by atoms with Gasteiger partial charge in [-0.25, -0.2) is 14.8 Å². The van der Waals surface area contributed by atoms with Crippen LogP contribution < -0.4 is 11.2 Å². The van der Waals surface area contributed by atoms with Gasteiger partial charge in [0.05, 0.1) is 32.8 Å². The normalized spacial score (nSPS) is 35.3. The quantitative estimate of drug-likeness (QED) is 0.163. The molecule has 380 valence electrons. The Bertz CT molecular complexity index is 3050. The maximum absolute atomic E-state index is 13.0. The van der Waals surface area contributed by atoms with Crippen molar-refractivity contribution in [3.63, 3.8) is 0 Å². The first kappa shape index (κ1) is 46.0. The summed E-state index contributed by atoms with van der Waals surface area (Å²) in [5.74, 6) is 5.93. The number of hydrogen-bond acceptors (Lipinski definition) is 7. The summed E-state index contributed by atoms with van der Waals surface area (Å²) >= 11 is 6.86. The number of rotatable bonds is 7. The SMILES string of the molecule is CC1CCC2CC(n3c(-c4nn(C)cc4Cl)nc4ccccc43)CC1N2C1CC2CCC(c3cccc4c3nc(-c3cc(=O)[nH]c(=O)[nH]3)n4C3CC4CCCC(C3)N4C3CC4CCCCC(C4)C3)CC(C2)C1. The Morgan fingerprint density at radius 2 is 1.26 bits per heavy atom. The zero-order chi connectivity index (χ0) is 48.4. The highest BCUT2D eigenvalue weighted by atomic mass is 35.5. The lowest BCUT2D eigenvalue weighted by Gasteiger charge is -2.56. The number of nitrogens with one attached hydrogen (secondary N) is 2. The number of H-pyrrole nitrogens is 2. The first-order valence-corrected chi connectivity index (χ1v) is 29.1. The van der Waals surface area contributed by atoms with Crippen LogP contribution in [0.4, 0.5) is 0 Å². The third-order valence-corrected chi connectivity index (χ3v) is 20.9. The van der Waals surface area contributed by atoms with Gasteiger partial charge in [-0.3, -0.25) is 24.3 Å². The molecule has 0 radical (unpaired) electrons. The molecule has 4 aliphatic heterocycles. The summed E-state index contributed by atoms with van der Waals surface area (Å²) in [6.07, 6.45) is 30.2. The molecule has 2 aromatic carbocycles. The van der Waals surface area contributed by atoms with E-state index in [2.05, 4.69) is 78.3 Å². The standard InChI is InChI=1S/C59H75ClN10O2/c1-34-17-20-42-30-46(69-51-15-6-5-14-49(51)61-58(69)56-48(60)33-66(2)65-56)31-53(34)68(42)44-26-37-18-19-39(23-38(22-37)27-44)47-13-8-16-52-55(47)64-57(50-32-54(71)63-59(72)62-50)70(52)45-28-40-11-7-12-41(29-45)67(40)43-24-35-9-3-4-10-36(21-35)25-43/h5-6,8,13-16,32-46,53H,3-4,7,9-12,17-31H2,1-2H3,(H2,62,63,71,72). The number of hydrogen-bond donors (Lipinski definition) is 2. The van der Waals surface area contributed by atoms with Crippen LogP contribution >= 0.6 is 11.6 Å². The molecule has 6 aromatic rings. The van der Waals surface area contributed by atoms with Crippen molar-refractivity contribution < 1.29 is 0 Å². The van der Waals surface area contributed by atoms with Gasteiger partial charge in [-0.15, -0.1) is 0 Å². The molecule has 12 nitrogen and oxygen atoms in total. The van der Waals surface area contributed by atoms with E-state index in [9.17, 15) is 9.59 Å². The van der Waals surface area contributed by atoms with E-state index < -0.39 is 5.69 Å². The highest BCUT2D eigenvalue weighted by Gasteiger charge is 2.49. The number of aryl methyl sites for hydroxylation is 1. The lowest BCUT2D eigenvalue weighted by Crippen LogP contribution is -2.60. The number of fused-ring (bicyclic) bond motifs is 10. The van der Waals surface area contributed by atoms with Gasteiger partial charge in [0.15, 0.2) is 11.6 Å². The summed E-state index contributed by atoms with van der Waals surface area (Å²) in [4.78, 5) is 48.4. The Balaban J connectivity index is 0.752. The smallest absolute Gasteiger partial charge is 0.319 e. The second kappa shape index (κ2) is 18.4. The highest BCUT2D eigenvalue weighted by Crippen LogP contribution is 2.53. The van der Waals surface area contributed by atoms with Crippen LogP contribution in [0.2, 0.25) is 5.02 Å². The van der Waals surface area contributed by atoms with Crippen LogP contribution in [0.15, 0.2) is 64.3 Å². The number of aromatic nitrogens is 8. The van der Waals surface area contributed by atoms with Crippen molar-refractivity contribution in [3.8, 4) is 23.0 Å². The van der Waals surface area contributed by atoms with Crippen LogP contribution in [0.1, 0.15) is 172 Å².